The van der Waals surface area contributed by atoms with E-state index >= 15 is 0 Å². The Bertz CT molecular complexity index is 3420. The summed E-state index contributed by atoms with van der Waals surface area (Å²) in [5.74, 6) is -0.295. The molecule has 5 fully saturated rings. The number of nitrogens with one attached hydrogen (secondary N) is 2. The standard InChI is InChI=1S/C24H42N6O6Si2.C24H41N3O6Si2.C10H14N6O4/c1-14(2)37(15(3)4)33-13-19-21(35-38(36-37,16(5)6)17(7)8)24(10,28-29-25)22(34-19)30-12-11-20(26-18(9)31)27-23(30)32;1-14(2)34(15(3)4)30-13-20-22(32-35(33-34,16(5)6)17(7)8)18(9)23(31-20)27-12-11-21(25-19(10)28)26-24(27)29;1-10(14-15-12)7(18)5(4-17)20-8(10)16-3-2-6(11)13-9(16)19/h11-12,14-17,19,21-22H,13H2,1-10H3,(H,26,27,31,32);11-12,14-17,20,22-23H,9,13H2,1-8,10H3,(H,25,26,28,29);2-3,5,7-8,17-18H,4H2,1H3,(H2,11,13,19)/t19-,21-,22-,24-;20-,22+,23-;5-,7-,8-,10-/m111/s1. The first-order chi connectivity index (χ1) is 43.3. The molecule has 3 aromatic rings. The first-order valence-electron chi connectivity index (χ1n) is 31.5. The lowest BCUT2D eigenvalue weighted by Crippen LogP contribution is -2.66. The highest BCUT2D eigenvalue weighted by atomic mass is 28.5. The Morgan fingerprint density at radius 1 is 0.634 bits per heavy atom. The van der Waals surface area contributed by atoms with Crippen LogP contribution in [0.15, 0.2) is 73.6 Å². The van der Waals surface area contributed by atoms with Crippen molar-refractivity contribution >= 4 is 63.5 Å². The van der Waals surface area contributed by atoms with Crippen molar-refractivity contribution in [2.24, 2.45) is 10.2 Å². The van der Waals surface area contributed by atoms with Gasteiger partial charge in [0.1, 0.15) is 52.9 Å². The van der Waals surface area contributed by atoms with Crippen LogP contribution >= 0.6 is 0 Å². The fraction of sp³-hybridized carbons (Fsp3) is 0.724. The van der Waals surface area contributed by atoms with Gasteiger partial charge < -0.3 is 66.7 Å². The number of hydrogen-bond acceptors (Lipinski definition) is 22. The number of carbonyl (C=O) groups excluding carboxylic acids is 2. The number of aliphatic hydroxyl groups is 2. The van der Waals surface area contributed by atoms with Crippen LogP contribution in [0.4, 0.5) is 17.5 Å². The summed E-state index contributed by atoms with van der Waals surface area (Å²) in [5, 5.41) is 32.0. The molecule has 5 aliphatic heterocycles. The molecule has 8 rings (SSSR count). The van der Waals surface area contributed by atoms with Gasteiger partial charge in [0.2, 0.25) is 11.8 Å². The lowest BCUT2D eigenvalue weighted by atomic mass is 9.93. The third kappa shape index (κ3) is 15.1. The molecule has 31 nitrogen and oxygen atoms in total. The molecular weight excluding hydrogens is 1280 g/mol. The van der Waals surface area contributed by atoms with Crippen molar-refractivity contribution < 1.29 is 59.9 Å². The van der Waals surface area contributed by atoms with Crippen LogP contribution < -0.4 is 33.4 Å². The van der Waals surface area contributed by atoms with Crippen LogP contribution in [0.2, 0.25) is 44.3 Å². The molecule has 3 aromatic heterocycles. The topological polar surface area (TPSA) is 410 Å². The number of nitrogen functional groups attached to an aromatic ring is 1. The van der Waals surface area contributed by atoms with Crippen molar-refractivity contribution in [1.82, 2.24) is 28.7 Å². The number of ether oxygens (including phenoxy) is 3. The minimum absolute atomic E-state index is 0.0361. The SMILES string of the molecule is C=C1[C@H](n2ccc(NC(C)=O)nc2=O)O[C@@H]2CO[Si](C(C)C)(C(C)C)O[Si](C(C)C)(C(C)C)O[C@@H]12.CC(=O)Nc1ccn([C@@H]2O[C@@H]3CO[Si](C(C)C)(C(C)C)O[Si](C(C)C)(C(C)C)O[C@H]3[C@@]2(C)N=[N+]=[N-])c(=O)n1.C[C@@]1(N=[N+]=[N-])[C@H](O)[C@@H](CO)O[C@H]1n1ccc(N)nc1=O. The summed E-state index contributed by atoms with van der Waals surface area (Å²) in [6.07, 6.45) is -2.97. The van der Waals surface area contributed by atoms with Gasteiger partial charge in [-0.05, 0) is 87.4 Å². The summed E-state index contributed by atoms with van der Waals surface area (Å²) in [6, 6.07) is 4.44. The minimum Gasteiger partial charge on any atom is -0.414 e. The van der Waals surface area contributed by atoms with Gasteiger partial charge in [0.05, 0.1) is 32.0 Å². The highest BCUT2D eigenvalue weighted by Crippen LogP contribution is 2.53. The lowest BCUT2D eigenvalue weighted by molar-refractivity contribution is -0.115. The smallest absolute Gasteiger partial charge is 0.351 e. The summed E-state index contributed by atoms with van der Waals surface area (Å²) < 4.78 is 64.1. The van der Waals surface area contributed by atoms with Gasteiger partial charge >= 0.3 is 51.3 Å². The number of carbonyl (C=O) groups is 2. The number of anilines is 3. The molecule has 0 aromatic carbocycles. The largest absolute Gasteiger partial charge is 0.414 e. The van der Waals surface area contributed by atoms with E-state index < -0.39 is 124 Å². The van der Waals surface area contributed by atoms with E-state index in [0.717, 1.165) is 4.57 Å². The van der Waals surface area contributed by atoms with Crippen LogP contribution in [-0.2, 0) is 49.7 Å². The van der Waals surface area contributed by atoms with Crippen molar-refractivity contribution in [3.05, 3.63) is 101 Å². The molecule has 5 aliphatic rings. The van der Waals surface area contributed by atoms with Gasteiger partial charge in [0.25, 0.3) is 0 Å². The fourth-order valence-electron chi connectivity index (χ4n) is 13.1. The molecule has 93 heavy (non-hydrogen) atoms. The normalized spacial score (nSPS) is 28.6. The zero-order valence-electron chi connectivity index (χ0n) is 57.2. The second-order valence-electron chi connectivity index (χ2n) is 27.0. The quantitative estimate of drug-likeness (QED) is 0.0294. The molecule has 8 heterocycles. The highest BCUT2D eigenvalue weighted by molar-refractivity contribution is 6.84. The average molecular weight is 1370 g/mol. The second-order valence-corrected chi connectivity index (χ2v) is 44.7. The van der Waals surface area contributed by atoms with Gasteiger partial charge in [-0.15, -0.1) is 0 Å². The van der Waals surface area contributed by atoms with Crippen LogP contribution in [0, 0.1) is 0 Å². The molecule has 0 saturated carbocycles. The highest BCUT2D eigenvalue weighted by Gasteiger charge is 2.66. The van der Waals surface area contributed by atoms with Crippen LogP contribution in [0.25, 0.3) is 20.9 Å². The molecule has 0 bridgehead atoms. The number of aliphatic hydroxyl groups excluding tert-OH is 2. The number of hydrogen-bond donors (Lipinski definition) is 5. The van der Waals surface area contributed by atoms with E-state index in [1.54, 1.807) is 19.2 Å². The summed E-state index contributed by atoms with van der Waals surface area (Å²) >= 11 is 0. The zero-order chi connectivity index (χ0) is 69.8. The van der Waals surface area contributed by atoms with Crippen molar-refractivity contribution in [2.45, 2.75) is 249 Å². The molecule has 0 aliphatic carbocycles. The Balaban J connectivity index is 0.000000231. The third-order valence-electron chi connectivity index (χ3n) is 18.0. The van der Waals surface area contributed by atoms with E-state index in [1.165, 1.54) is 54.4 Å². The van der Waals surface area contributed by atoms with Gasteiger partial charge in [0.15, 0.2) is 18.7 Å². The summed E-state index contributed by atoms with van der Waals surface area (Å²) in [6.45, 7) is 44.4. The lowest BCUT2D eigenvalue weighted by Gasteiger charge is -2.52. The Morgan fingerprint density at radius 2 is 1.03 bits per heavy atom. The van der Waals surface area contributed by atoms with Crippen LogP contribution in [0.3, 0.4) is 0 Å². The van der Waals surface area contributed by atoms with Gasteiger partial charge in [-0.25, -0.2) is 14.4 Å². The van der Waals surface area contributed by atoms with E-state index in [4.69, 9.17) is 51.4 Å². The van der Waals surface area contributed by atoms with E-state index in [1.807, 2.05) is 0 Å². The predicted molar refractivity (Wildman–Crippen MR) is 355 cm³/mol. The molecular formula is C58H97N15O16Si4. The monoisotopic (exact) mass is 1370 g/mol. The van der Waals surface area contributed by atoms with E-state index in [-0.39, 0.29) is 80.2 Å². The Labute approximate surface area is 546 Å². The fourth-order valence-corrected chi connectivity index (χ4v) is 35.6. The molecule has 516 valence electrons. The molecule has 0 radical (unpaired) electrons. The number of nitrogens with zero attached hydrogens (tertiary/aromatic N) is 12. The molecule has 6 N–H and O–H groups in total. The van der Waals surface area contributed by atoms with Crippen molar-refractivity contribution in [2.75, 3.05) is 36.2 Å². The first-order valence-corrected chi connectivity index (χ1v) is 39.4. The molecule has 0 unspecified atom stereocenters. The molecule has 11 atom stereocenters. The first kappa shape index (κ1) is 76.2. The molecule has 5 saturated heterocycles. The number of azide groups is 2. The van der Waals surface area contributed by atoms with Gasteiger partial charge in [-0.2, -0.15) is 15.0 Å². The van der Waals surface area contributed by atoms with Gasteiger partial charge in [0, 0.05) is 47.8 Å². The van der Waals surface area contributed by atoms with Crippen molar-refractivity contribution in [3.8, 4) is 0 Å². The average Bonchev–Trinajstić information content (AvgIpc) is 1.68. The van der Waals surface area contributed by atoms with Gasteiger partial charge in [-0.1, -0.05) is 128 Å². The predicted octanol–water partition coefficient (Wildman–Crippen LogP) is 8.88. The summed E-state index contributed by atoms with van der Waals surface area (Å²) in [5.41, 5.74) is 20.8. The summed E-state index contributed by atoms with van der Waals surface area (Å²) in [7, 11) is -11.4. The van der Waals surface area contributed by atoms with E-state index in [0.29, 0.717) is 12.2 Å². The zero-order valence-corrected chi connectivity index (χ0v) is 61.2. The van der Waals surface area contributed by atoms with E-state index in [2.05, 4.69) is 163 Å². The van der Waals surface area contributed by atoms with Crippen molar-refractivity contribution in [3.63, 3.8) is 0 Å². The number of nitrogens with two attached hydrogens (primary N) is 1. The minimum atomic E-state index is -3.03. The Morgan fingerprint density at radius 3 is 1.44 bits per heavy atom. The second kappa shape index (κ2) is 30.1. The van der Waals surface area contributed by atoms with Crippen LogP contribution in [-0.4, -0.2) is 152 Å². The summed E-state index contributed by atoms with van der Waals surface area (Å²) in [4.78, 5) is 77.8. The maximum Gasteiger partial charge on any atom is 0.351 e. The Kier molecular flexibility index (Phi) is 24.6. The third-order valence-corrected chi connectivity index (χ3v) is 38.5. The van der Waals surface area contributed by atoms with Crippen LogP contribution in [0.1, 0.15) is 157 Å². The Hall–Kier alpha value is -5.83. The molecule has 35 heteroatoms. The van der Waals surface area contributed by atoms with Gasteiger partial charge in [-0.3, -0.25) is 23.3 Å². The maximum atomic E-state index is 13.1. The molecule has 2 amide bonds. The van der Waals surface area contributed by atoms with E-state index in [9.17, 15) is 39.7 Å². The number of aromatic nitrogens is 6. The number of rotatable bonds is 16. The maximum absolute atomic E-state index is 13.1. The van der Waals surface area contributed by atoms with Crippen LogP contribution in [0.5, 0.6) is 0 Å². The number of fused-ring (bicyclic) bond motifs is 2. The van der Waals surface area contributed by atoms with Crippen molar-refractivity contribution in [1.29, 1.82) is 0 Å². The molecule has 0 spiro atoms. The number of amides is 2.